The molecule has 0 fully saturated rings. The number of allylic oxidation sites excluding steroid dienone is 2. The number of aromatic amines is 1. The van der Waals surface area contributed by atoms with Crippen LogP contribution in [-0.4, -0.2) is 4.98 Å². The van der Waals surface area contributed by atoms with Crippen molar-refractivity contribution in [2.75, 3.05) is 0 Å². The van der Waals surface area contributed by atoms with Crippen molar-refractivity contribution < 1.29 is 0 Å². The molecule has 0 unspecified atom stereocenters. The van der Waals surface area contributed by atoms with E-state index in [1.807, 2.05) is 6.20 Å². The molecule has 0 aliphatic carbocycles. The molecular formula is C12H13N. The molecule has 1 N–H and O–H groups in total. The summed E-state index contributed by atoms with van der Waals surface area (Å²) in [4.78, 5) is 3.21. The summed E-state index contributed by atoms with van der Waals surface area (Å²) in [5.41, 5.74) is 3.81. The van der Waals surface area contributed by atoms with Gasteiger partial charge in [0, 0.05) is 11.7 Å². The number of H-pyrrole nitrogens is 1. The van der Waals surface area contributed by atoms with Crippen LogP contribution in [0.15, 0.2) is 36.5 Å². The maximum absolute atomic E-state index is 3.21. The highest BCUT2D eigenvalue weighted by Gasteiger charge is 1.97. The number of hydrogen-bond acceptors (Lipinski definition) is 0. The van der Waals surface area contributed by atoms with E-state index in [1.165, 1.54) is 22.0 Å². The monoisotopic (exact) mass is 171 g/mol. The lowest BCUT2D eigenvalue weighted by Gasteiger charge is -2.00. The lowest BCUT2D eigenvalue weighted by atomic mass is 10.1. The van der Waals surface area contributed by atoms with Crippen LogP contribution in [0.5, 0.6) is 0 Å². The van der Waals surface area contributed by atoms with Gasteiger partial charge in [-0.05, 0) is 42.5 Å². The lowest BCUT2D eigenvalue weighted by Crippen LogP contribution is -1.78. The SMILES string of the molecule is CC=C(C)c1ccc2cc[nH]c2c1. The molecule has 2 aromatic rings. The van der Waals surface area contributed by atoms with Crippen molar-refractivity contribution in [1.82, 2.24) is 4.98 Å². The minimum Gasteiger partial charge on any atom is -0.361 e. The molecule has 1 aromatic carbocycles. The second-order valence-electron chi connectivity index (χ2n) is 3.25. The highest BCUT2D eigenvalue weighted by atomic mass is 14.7. The Morgan fingerprint density at radius 1 is 1.31 bits per heavy atom. The zero-order chi connectivity index (χ0) is 9.26. The standard InChI is InChI=1S/C12H13N/c1-3-9(2)11-5-4-10-6-7-13-12(10)8-11/h3-8,13H,1-2H3. The maximum atomic E-state index is 3.21. The maximum Gasteiger partial charge on any atom is 0.0460 e. The summed E-state index contributed by atoms with van der Waals surface area (Å²) in [5, 5.41) is 1.27. The highest BCUT2D eigenvalue weighted by Crippen LogP contribution is 2.19. The highest BCUT2D eigenvalue weighted by molar-refractivity contribution is 5.83. The van der Waals surface area contributed by atoms with E-state index in [2.05, 4.69) is 49.2 Å². The first-order chi connectivity index (χ1) is 6.31. The van der Waals surface area contributed by atoms with E-state index in [0.29, 0.717) is 0 Å². The molecule has 1 nitrogen and oxygen atoms in total. The fourth-order valence-electron chi connectivity index (χ4n) is 1.46. The number of nitrogens with one attached hydrogen (secondary N) is 1. The number of fused-ring (bicyclic) bond motifs is 1. The number of hydrogen-bond donors (Lipinski definition) is 1. The van der Waals surface area contributed by atoms with Gasteiger partial charge in [0.05, 0.1) is 0 Å². The van der Waals surface area contributed by atoms with Crippen molar-refractivity contribution in [2.45, 2.75) is 13.8 Å². The second-order valence-corrected chi connectivity index (χ2v) is 3.25. The first-order valence-electron chi connectivity index (χ1n) is 4.51. The van der Waals surface area contributed by atoms with E-state index in [0.717, 1.165) is 0 Å². The third-order valence-electron chi connectivity index (χ3n) is 2.44. The van der Waals surface area contributed by atoms with Crippen LogP contribution in [-0.2, 0) is 0 Å². The van der Waals surface area contributed by atoms with Crippen molar-refractivity contribution >= 4 is 16.5 Å². The largest absolute Gasteiger partial charge is 0.361 e. The minimum absolute atomic E-state index is 1.21. The Kier molecular flexibility index (Phi) is 1.93. The Hall–Kier alpha value is -1.50. The Balaban J connectivity index is 2.60. The summed E-state index contributed by atoms with van der Waals surface area (Å²) in [6, 6.07) is 8.58. The third-order valence-corrected chi connectivity index (χ3v) is 2.44. The quantitative estimate of drug-likeness (QED) is 0.674. The third kappa shape index (κ3) is 1.37. The van der Waals surface area contributed by atoms with Gasteiger partial charge in [0.15, 0.2) is 0 Å². The Morgan fingerprint density at radius 3 is 2.92 bits per heavy atom. The topological polar surface area (TPSA) is 15.8 Å². The molecule has 0 aliphatic heterocycles. The summed E-state index contributed by atoms with van der Waals surface area (Å²) in [6.07, 6.45) is 4.10. The van der Waals surface area contributed by atoms with Crippen molar-refractivity contribution in [3.63, 3.8) is 0 Å². The average molecular weight is 171 g/mol. The van der Waals surface area contributed by atoms with Crippen LogP contribution >= 0.6 is 0 Å². The van der Waals surface area contributed by atoms with E-state index in [9.17, 15) is 0 Å². The summed E-state index contributed by atoms with van der Waals surface area (Å²) in [7, 11) is 0. The van der Waals surface area contributed by atoms with Crippen LogP contribution in [0.1, 0.15) is 19.4 Å². The molecule has 2 rings (SSSR count). The molecule has 0 radical (unpaired) electrons. The molecule has 0 amide bonds. The zero-order valence-corrected chi connectivity index (χ0v) is 7.96. The fourth-order valence-corrected chi connectivity index (χ4v) is 1.46. The predicted octanol–water partition coefficient (Wildman–Crippen LogP) is 3.59. The predicted molar refractivity (Wildman–Crippen MR) is 57.6 cm³/mol. The van der Waals surface area contributed by atoms with Gasteiger partial charge in [-0.15, -0.1) is 0 Å². The second kappa shape index (κ2) is 3.09. The van der Waals surface area contributed by atoms with Gasteiger partial charge in [-0.1, -0.05) is 18.2 Å². The molecule has 0 spiro atoms. The molecule has 1 heteroatoms. The van der Waals surface area contributed by atoms with Gasteiger partial charge < -0.3 is 4.98 Å². The van der Waals surface area contributed by atoms with E-state index < -0.39 is 0 Å². The van der Waals surface area contributed by atoms with Gasteiger partial charge in [-0.3, -0.25) is 0 Å². The first-order valence-corrected chi connectivity index (χ1v) is 4.51. The Labute approximate surface area is 78.1 Å². The number of rotatable bonds is 1. The van der Waals surface area contributed by atoms with Crippen molar-refractivity contribution in [3.05, 3.63) is 42.1 Å². The van der Waals surface area contributed by atoms with E-state index in [4.69, 9.17) is 0 Å². The smallest absolute Gasteiger partial charge is 0.0460 e. The lowest BCUT2D eigenvalue weighted by molar-refractivity contribution is 1.46. The van der Waals surface area contributed by atoms with Crippen LogP contribution in [0.25, 0.3) is 16.5 Å². The van der Waals surface area contributed by atoms with Gasteiger partial charge in [0.1, 0.15) is 0 Å². The van der Waals surface area contributed by atoms with E-state index in [1.54, 1.807) is 0 Å². The van der Waals surface area contributed by atoms with Gasteiger partial charge in [0.2, 0.25) is 0 Å². The molecule has 0 aliphatic rings. The normalized spacial score (nSPS) is 12.3. The molecule has 66 valence electrons. The van der Waals surface area contributed by atoms with Crippen LogP contribution in [0.2, 0.25) is 0 Å². The molecule has 1 heterocycles. The van der Waals surface area contributed by atoms with Crippen molar-refractivity contribution in [2.24, 2.45) is 0 Å². The van der Waals surface area contributed by atoms with Crippen molar-refractivity contribution in [3.8, 4) is 0 Å². The summed E-state index contributed by atoms with van der Waals surface area (Å²) >= 11 is 0. The fraction of sp³-hybridized carbons (Fsp3) is 0.167. The molecular weight excluding hydrogens is 158 g/mol. The first kappa shape index (κ1) is 8.11. The minimum atomic E-state index is 1.21. The number of aromatic nitrogens is 1. The average Bonchev–Trinajstić information content (AvgIpc) is 2.63. The Morgan fingerprint density at radius 2 is 2.15 bits per heavy atom. The van der Waals surface area contributed by atoms with Gasteiger partial charge in [0.25, 0.3) is 0 Å². The summed E-state index contributed by atoms with van der Waals surface area (Å²) in [6.45, 7) is 4.19. The Bertz CT molecular complexity index is 449. The zero-order valence-electron chi connectivity index (χ0n) is 7.96. The molecule has 1 aromatic heterocycles. The summed E-state index contributed by atoms with van der Waals surface area (Å²) in [5.74, 6) is 0. The molecule has 13 heavy (non-hydrogen) atoms. The number of benzene rings is 1. The molecule has 0 saturated heterocycles. The van der Waals surface area contributed by atoms with Crippen LogP contribution in [0, 0.1) is 0 Å². The van der Waals surface area contributed by atoms with Crippen LogP contribution in [0.3, 0.4) is 0 Å². The molecule has 0 bridgehead atoms. The van der Waals surface area contributed by atoms with Crippen molar-refractivity contribution in [1.29, 1.82) is 0 Å². The summed E-state index contributed by atoms with van der Waals surface area (Å²) < 4.78 is 0. The van der Waals surface area contributed by atoms with Crippen LogP contribution in [0.4, 0.5) is 0 Å². The van der Waals surface area contributed by atoms with E-state index >= 15 is 0 Å². The van der Waals surface area contributed by atoms with Gasteiger partial charge in [-0.25, -0.2) is 0 Å². The van der Waals surface area contributed by atoms with E-state index in [-0.39, 0.29) is 0 Å². The van der Waals surface area contributed by atoms with Gasteiger partial charge in [-0.2, -0.15) is 0 Å². The molecule has 0 atom stereocenters. The van der Waals surface area contributed by atoms with Crippen LogP contribution < -0.4 is 0 Å². The molecule has 0 saturated carbocycles. The van der Waals surface area contributed by atoms with Gasteiger partial charge >= 0.3 is 0 Å².